The minimum absolute atomic E-state index is 0.178. The number of carboxylic acids is 1. The summed E-state index contributed by atoms with van der Waals surface area (Å²) in [5, 5.41) is 17.2. The quantitative estimate of drug-likeness (QED) is 0.524. The minimum atomic E-state index is -1.01. The van der Waals surface area contributed by atoms with Crippen LogP contribution in [0.2, 0.25) is 0 Å². The zero-order valence-corrected chi connectivity index (χ0v) is 16.3. The molecule has 0 radical (unpaired) electrons. The van der Waals surface area contributed by atoms with Gasteiger partial charge in [-0.15, -0.1) is 11.3 Å². The first-order valence-corrected chi connectivity index (χ1v) is 9.55. The fourth-order valence-corrected chi connectivity index (χ4v) is 3.53. The highest BCUT2D eigenvalue weighted by molar-refractivity contribution is 9.10. The second-order valence-corrected chi connectivity index (χ2v) is 7.31. The predicted molar refractivity (Wildman–Crippen MR) is 105 cm³/mol. The molecule has 9 heteroatoms. The Morgan fingerprint density at radius 3 is 2.74 bits per heavy atom. The molecule has 0 unspecified atom stereocenters. The molecule has 0 saturated carbocycles. The number of rotatable bonds is 7. The van der Waals surface area contributed by atoms with E-state index < -0.39 is 5.97 Å². The van der Waals surface area contributed by atoms with Gasteiger partial charge in [-0.3, -0.25) is 4.79 Å². The molecule has 3 aromatic rings. The van der Waals surface area contributed by atoms with E-state index in [4.69, 9.17) is 9.63 Å². The maximum Gasteiger partial charge on any atom is 0.328 e. The molecule has 0 fully saturated rings. The number of anilines is 1. The van der Waals surface area contributed by atoms with E-state index in [-0.39, 0.29) is 12.3 Å². The van der Waals surface area contributed by atoms with Gasteiger partial charge in [0.2, 0.25) is 17.6 Å². The van der Waals surface area contributed by atoms with Gasteiger partial charge in [-0.05, 0) is 45.8 Å². The maximum absolute atomic E-state index is 12.1. The first-order chi connectivity index (χ1) is 13.0. The van der Waals surface area contributed by atoms with Crippen molar-refractivity contribution in [2.75, 3.05) is 5.32 Å². The normalized spacial score (nSPS) is 11.0. The van der Waals surface area contributed by atoms with Crippen LogP contribution < -0.4 is 5.32 Å². The zero-order valence-electron chi connectivity index (χ0n) is 13.9. The number of aromatic nitrogens is 2. The monoisotopic (exact) mass is 447 g/mol. The van der Waals surface area contributed by atoms with Gasteiger partial charge in [0, 0.05) is 34.5 Å². The van der Waals surface area contributed by atoms with Crippen LogP contribution in [0.4, 0.5) is 5.69 Å². The lowest BCUT2D eigenvalue weighted by atomic mass is 10.2. The third-order valence-corrected chi connectivity index (χ3v) is 5.12. The van der Waals surface area contributed by atoms with E-state index in [1.165, 1.54) is 17.4 Å². The molecule has 1 aromatic carbocycles. The minimum Gasteiger partial charge on any atom is -0.478 e. The SMILES string of the molecule is O=C(O)/C=C/c1ccc(NC(=O)CCc2nc(-c3cc(Br)cs3)no2)cc1. The van der Waals surface area contributed by atoms with E-state index in [1.807, 2.05) is 11.4 Å². The number of benzene rings is 1. The fourth-order valence-electron chi connectivity index (χ4n) is 2.18. The lowest BCUT2D eigenvalue weighted by molar-refractivity contribution is -0.131. The van der Waals surface area contributed by atoms with Crippen molar-refractivity contribution in [2.45, 2.75) is 12.8 Å². The van der Waals surface area contributed by atoms with Crippen molar-refractivity contribution >= 4 is 50.9 Å². The van der Waals surface area contributed by atoms with Gasteiger partial charge in [-0.2, -0.15) is 4.98 Å². The Kier molecular flexibility index (Phi) is 6.15. The van der Waals surface area contributed by atoms with Crippen LogP contribution in [-0.4, -0.2) is 27.1 Å². The summed E-state index contributed by atoms with van der Waals surface area (Å²) >= 11 is 4.88. The first-order valence-electron chi connectivity index (χ1n) is 7.87. The summed E-state index contributed by atoms with van der Waals surface area (Å²) in [4.78, 5) is 27.7. The largest absolute Gasteiger partial charge is 0.478 e. The van der Waals surface area contributed by atoms with E-state index in [2.05, 4.69) is 31.4 Å². The molecule has 0 aliphatic rings. The number of halogens is 1. The van der Waals surface area contributed by atoms with E-state index in [1.54, 1.807) is 24.3 Å². The fraction of sp³-hybridized carbons (Fsp3) is 0.111. The highest BCUT2D eigenvalue weighted by Gasteiger charge is 2.12. The topological polar surface area (TPSA) is 105 Å². The van der Waals surface area contributed by atoms with Gasteiger partial charge in [0.25, 0.3) is 0 Å². The molecular formula is C18H14BrN3O4S. The van der Waals surface area contributed by atoms with Crippen LogP contribution in [0.1, 0.15) is 17.9 Å². The van der Waals surface area contributed by atoms with Crippen molar-refractivity contribution in [2.24, 2.45) is 0 Å². The van der Waals surface area contributed by atoms with Crippen molar-refractivity contribution in [1.29, 1.82) is 0 Å². The first kappa shape index (κ1) is 19.0. The van der Waals surface area contributed by atoms with Crippen LogP contribution >= 0.6 is 27.3 Å². The Morgan fingerprint density at radius 1 is 1.30 bits per heavy atom. The van der Waals surface area contributed by atoms with Gasteiger partial charge < -0.3 is 14.9 Å². The Labute approximate surface area is 166 Å². The van der Waals surface area contributed by atoms with E-state index in [0.29, 0.717) is 23.8 Å². The van der Waals surface area contributed by atoms with Gasteiger partial charge in [0.05, 0.1) is 4.88 Å². The Bertz CT molecular complexity index is 979. The second kappa shape index (κ2) is 8.74. The number of carbonyl (C=O) groups excluding carboxylic acids is 1. The van der Waals surface area contributed by atoms with Gasteiger partial charge in [0.15, 0.2) is 0 Å². The molecule has 7 nitrogen and oxygen atoms in total. The molecule has 1 amide bonds. The summed E-state index contributed by atoms with van der Waals surface area (Å²) in [5.41, 5.74) is 1.36. The highest BCUT2D eigenvalue weighted by atomic mass is 79.9. The molecular weight excluding hydrogens is 434 g/mol. The van der Waals surface area contributed by atoms with Crippen molar-refractivity contribution < 1.29 is 19.2 Å². The van der Waals surface area contributed by atoms with Crippen LogP contribution in [0.5, 0.6) is 0 Å². The summed E-state index contributed by atoms with van der Waals surface area (Å²) in [5.74, 6) is -0.282. The van der Waals surface area contributed by atoms with E-state index in [0.717, 1.165) is 21.0 Å². The Hall–Kier alpha value is -2.78. The van der Waals surface area contributed by atoms with Crippen molar-refractivity contribution in [3.63, 3.8) is 0 Å². The molecule has 27 heavy (non-hydrogen) atoms. The maximum atomic E-state index is 12.1. The molecule has 2 heterocycles. The average Bonchev–Trinajstić information content (AvgIpc) is 3.28. The number of amides is 1. The van der Waals surface area contributed by atoms with Crippen LogP contribution in [0.3, 0.4) is 0 Å². The molecule has 0 bridgehead atoms. The van der Waals surface area contributed by atoms with Gasteiger partial charge in [0.1, 0.15) is 0 Å². The number of carbonyl (C=O) groups is 2. The molecule has 0 aliphatic carbocycles. The van der Waals surface area contributed by atoms with Gasteiger partial charge in [-0.1, -0.05) is 17.3 Å². The van der Waals surface area contributed by atoms with Gasteiger partial charge >= 0.3 is 5.97 Å². The van der Waals surface area contributed by atoms with E-state index >= 15 is 0 Å². The average molecular weight is 448 g/mol. The molecule has 3 rings (SSSR count). The van der Waals surface area contributed by atoms with Crippen molar-refractivity contribution in [1.82, 2.24) is 10.1 Å². The summed E-state index contributed by atoms with van der Waals surface area (Å²) in [6.07, 6.45) is 3.08. The number of carboxylic acid groups (broad SMARTS) is 1. The lowest BCUT2D eigenvalue weighted by Gasteiger charge is -2.04. The van der Waals surface area contributed by atoms with Crippen LogP contribution in [0, 0.1) is 0 Å². The highest BCUT2D eigenvalue weighted by Crippen LogP contribution is 2.27. The van der Waals surface area contributed by atoms with Crippen molar-refractivity contribution in [3.8, 4) is 10.7 Å². The lowest BCUT2D eigenvalue weighted by Crippen LogP contribution is -2.12. The van der Waals surface area contributed by atoms with Crippen molar-refractivity contribution in [3.05, 3.63) is 57.7 Å². The third kappa shape index (κ3) is 5.60. The molecule has 2 N–H and O–H groups in total. The Balaban J connectivity index is 1.51. The number of aryl methyl sites for hydroxylation is 1. The predicted octanol–water partition coefficient (Wildman–Crippen LogP) is 4.23. The number of nitrogens with zero attached hydrogens (tertiary/aromatic N) is 2. The second-order valence-electron chi connectivity index (χ2n) is 5.48. The van der Waals surface area contributed by atoms with E-state index in [9.17, 15) is 9.59 Å². The smallest absolute Gasteiger partial charge is 0.328 e. The van der Waals surface area contributed by atoms with Crippen LogP contribution in [0.15, 0.2) is 50.8 Å². The number of thiophene rings is 1. The summed E-state index contributed by atoms with van der Waals surface area (Å²) in [7, 11) is 0. The number of aliphatic carboxylic acids is 1. The molecule has 0 atom stereocenters. The molecule has 0 saturated heterocycles. The molecule has 0 spiro atoms. The number of hydrogen-bond acceptors (Lipinski definition) is 6. The number of hydrogen-bond donors (Lipinski definition) is 2. The molecule has 0 aliphatic heterocycles. The Morgan fingerprint density at radius 2 is 2.07 bits per heavy atom. The number of nitrogens with one attached hydrogen (secondary N) is 1. The van der Waals surface area contributed by atoms with Crippen LogP contribution in [-0.2, 0) is 16.0 Å². The third-order valence-electron chi connectivity index (χ3n) is 3.43. The standard InChI is InChI=1S/C18H14BrN3O4S/c19-12-9-14(27-10-12)18-21-16(26-22-18)7-6-15(23)20-13-4-1-11(2-5-13)3-8-17(24)25/h1-5,8-10H,6-7H2,(H,20,23)(H,24,25)/b8-3+. The summed E-state index contributed by atoms with van der Waals surface area (Å²) in [6, 6.07) is 8.76. The van der Waals surface area contributed by atoms with Gasteiger partial charge in [-0.25, -0.2) is 4.79 Å². The molecule has 138 valence electrons. The summed E-state index contributed by atoms with van der Waals surface area (Å²) < 4.78 is 6.14. The summed E-state index contributed by atoms with van der Waals surface area (Å²) in [6.45, 7) is 0. The molecule has 2 aromatic heterocycles. The zero-order chi connectivity index (χ0) is 19.2. The van der Waals surface area contributed by atoms with Crippen LogP contribution in [0.25, 0.3) is 16.8 Å².